The Morgan fingerprint density at radius 3 is 2.14 bits per heavy atom. The number of hydrogen-bond acceptors (Lipinski definition) is 3. The van der Waals surface area contributed by atoms with Gasteiger partial charge in [-0.3, -0.25) is 4.79 Å². The second kappa shape index (κ2) is 20.0. The standard InChI is InChI=1S/C37H54N2O2S.BrH/c1-6-7-8-9-10-11-12-13-14-15-16-17-24-41-35-28-33(37(3,4)5)22-21-32(35)27-36(40)38-34-20-18-19-31(26-34)29-39-23-25-42-30(39)2;/h18-23,25-26,28H,6-17,24,27,29H2,1-5H3;1H. The monoisotopic (exact) mass is 670 g/mol. The molecule has 0 saturated carbocycles. The highest BCUT2D eigenvalue weighted by molar-refractivity contribution is 7.09. The molecule has 0 aliphatic carbocycles. The van der Waals surface area contributed by atoms with Gasteiger partial charge in [0.05, 0.1) is 18.4 Å². The average Bonchev–Trinajstić information content (AvgIpc) is 3.35. The molecule has 4 nitrogen and oxygen atoms in total. The summed E-state index contributed by atoms with van der Waals surface area (Å²) >= 11 is 1.74. The Kier molecular flexibility index (Phi) is 17.2. The van der Waals surface area contributed by atoms with Crippen molar-refractivity contribution < 1.29 is 31.1 Å². The Morgan fingerprint density at radius 1 is 0.884 bits per heavy atom. The number of nitrogens with one attached hydrogen (secondary N) is 1. The Labute approximate surface area is 276 Å². The van der Waals surface area contributed by atoms with Crippen molar-refractivity contribution in [1.29, 1.82) is 0 Å². The lowest BCUT2D eigenvalue weighted by molar-refractivity contribution is -0.689. The van der Waals surface area contributed by atoms with E-state index >= 15 is 0 Å². The molecule has 0 fully saturated rings. The van der Waals surface area contributed by atoms with E-state index in [9.17, 15) is 4.79 Å². The van der Waals surface area contributed by atoms with E-state index in [1.807, 2.05) is 12.1 Å². The van der Waals surface area contributed by atoms with Crippen LogP contribution in [0.4, 0.5) is 5.69 Å². The number of halogens is 1. The van der Waals surface area contributed by atoms with Gasteiger partial charge in [-0.2, -0.15) is 4.57 Å². The summed E-state index contributed by atoms with van der Waals surface area (Å²) in [7, 11) is 0. The molecule has 0 radical (unpaired) electrons. The van der Waals surface area contributed by atoms with E-state index in [1.54, 1.807) is 11.3 Å². The molecule has 3 rings (SSSR count). The number of amides is 1. The highest BCUT2D eigenvalue weighted by Crippen LogP contribution is 2.29. The minimum Gasteiger partial charge on any atom is -1.00 e. The zero-order valence-corrected chi connectivity index (χ0v) is 29.8. The number of benzene rings is 2. The zero-order valence-electron chi connectivity index (χ0n) is 27.4. The number of ether oxygens (including phenoxy) is 1. The molecule has 43 heavy (non-hydrogen) atoms. The number of aromatic nitrogens is 1. The predicted octanol–water partition coefficient (Wildman–Crippen LogP) is 6.95. The van der Waals surface area contributed by atoms with Crippen molar-refractivity contribution in [2.24, 2.45) is 0 Å². The van der Waals surface area contributed by atoms with Crippen LogP contribution in [0.1, 0.15) is 126 Å². The first kappa shape index (κ1) is 37.0. The summed E-state index contributed by atoms with van der Waals surface area (Å²) in [6, 6.07) is 14.5. The van der Waals surface area contributed by atoms with Crippen LogP contribution in [0.5, 0.6) is 5.75 Å². The van der Waals surface area contributed by atoms with E-state index in [1.165, 1.54) is 86.8 Å². The number of anilines is 1. The third-order valence-electron chi connectivity index (χ3n) is 7.99. The second-order valence-corrected chi connectivity index (χ2v) is 13.9. The van der Waals surface area contributed by atoms with Gasteiger partial charge in [-0.25, -0.2) is 0 Å². The van der Waals surface area contributed by atoms with Crippen molar-refractivity contribution in [3.8, 4) is 5.75 Å². The van der Waals surface area contributed by atoms with Crippen molar-refractivity contribution in [2.45, 2.75) is 130 Å². The van der Waals surface area contributed by atoms with Crippen LogP contribution >= 0.6 is 11.3 Å². The number of carbonyl (C=O) groups is 1. The van der Waals surface area contributed by atoms with Crippen molar-refractivity contribution in [1.82, 2.24) is 0 Å². The molecule has 1 aromatic heterocycles. The van der Waals surface area contributed by atoms with Crippen molar-refractivity contribution in [2.75, 3.05) is 11.9 Å². The van der Waals surface area contributed by atoms with Gasteiger partial charge in [0.15, 0.2) is 12.7 Å². The normalized spacial score (nSPS) is 11.3. The Balaban J connectivity index is 0.00000645. The molecule has 1 N–H and O–H groups in total. The molecule has 0 unspecified atom stereocenters. The van der Waals surface area contributed by atoms with E-state index in [0.29, 0.717) is 13.0 Å². The number of thiazole rings is 1. The molecule has 1 heterocycles. The van der Waals surface area contributed by atoms with Crippen LogP contribution in [0, 0.1) is 6.92 Å². The molecule has 6 heteroatoms. The van der Waals surface area contributed by atoms with Crippen LogP contribution in [0.2, 0.25) is 0 Å². The van der Waals surface area contributed by atoms with Crippen molar-refractivity contribution >= 4 is 22.9 Å². The lowest BCUT2D eigenvalue weighted by Crippen LogP contribution is -3.00. The third-order valence-corrected chi connectivity index (χ3v) is 8.82. The summed E-state index contributed by atoms with van der Waals surface area (Å²) in [6.07, 6.45) is 18.3. The first-order valence-corrected chi connectivity index (χ1v) is 17.2. The maximum atomic E-state index is 13.1. The molecule has 0 spiro atoms. The summed E-state index contributed by atoms with van der Waals surface area (Å²) in [4.78, 5) is 13.1. The number of rotatable bonds is 19. The molecule has 2 aromatic carbocycles. The molecule has 0 bridgehead atoms. The number of unbranched alkanes of at least 4 members (excludes halogenated alkanes) is 11. The fourth-order valence-electron chi connectivity index (χ4n) is 5.29. The van der Waals surface area contributed by atoms with E-state index in [4.69, 9.17) is 4.74 Å². The van der Waals surface area contributed by atoms with Gasteiger partial charge in [0.1, 0.15) is 5.75 Å². The smallest absolute Gasteiger partial charge is 0.234 e. The molecular formula is C37H55BrN2O2S. The maximum absolute atomic E-state index is 13.1. The van der Waals surface area contributed by atoms with Crippen LogP contribution in [0.25, 0.3) is 0 Å². The largest absolute Gasteiger partial charge is 1.00 e. The molecule has 0 aliphatic rings. The summed E-state index contributed by atoms with van der Waals surface area (Å²) in [6.45, 7) is 12.5. The topological polar surface area (TPSA) is 42.2 Å². The van der Waals surface area contributed by atoms with Gasteiger partial charge < -0.3 is 27.0 Å². The Morgan fingerprint density at radius 2 is 1.53 bits per heavy atom. The maximum Gasteiger partial charge on any atom is 0.234 e. The van der Waals surface area contributed by atoms with Crippen LogP contribution in [-0.4, -0.2) is 12.5 Å². The van der Waals surface area contributed by atoms with Gasteiger partial charge in [-0.1, -0.05) is 134 Å². The first-order chi connectivity index (χ1) is 20.3. The molecule has 3 aromatic rings. The number of carbonyl (C=O) groups excluding carboxylic acids is 1. The van der Waals surface area contributed by atoms with E-state index in [-0.39, 0.29) is 28.3 Å². The second-order valence-electron chi connectivity index (χ2n) is 12.8. The highest BCUT2D eigenvalue weighted by Gasteiger charge is 2.18. The fourth-order valence-corrected chi connectivity index (χ4v) is 5.95. The van der Waals surface area contributed by atoms with Crippen LogP contribution in [0.3, 0.4) is 0 Å². The van der Waals surface area contributed by atoms with Crippen molar-refractivity contribution in [3.05, 3.63) is 75.7 Å². The van der Waals surface area contributed by atoms with Gasteiger partial charge in [0.25, 0.3) is 0 Å². The Bertz CT molecular complexity index is 1220. The van der Waals surface area contributed by atoms with Gasteiger partial charge in [-0.15, -0.1) is 0 Å². The number of nitrogens with zero attached hydrogens (tertiary/aromatic N) is 1. The van der Waals surface area contributed by atoms with Gasteiger partial charge in [0, 0.05) is 23.7 Å². The molecular weight excluding hydrogens is 616 g/mol. The molecule has 0 atom stereocenters. The highest BCUT2D eigenvalue weighted by atomic mass is 79.9. The van der Waals surface area contributed by atoms with E-state index in [2.05, 4.69) is 86.4 Å². The average molecular weight is 672 g/mol. The van der Waals surface area contributed by atoms with Crippen LogP contribution in [-0.2, 0) is 23.2 Å². The van der Waals surface area contributed by atoms with Gasteiger partial charge in [0.2, 0.25) is 10.9 Å². The summed E-state index contributed by atoms with van der Waals surface area (Å²) in [5.74, 6) is 0.823. The molecule has 0 aliphatic heterocycles. The van der Waals surface area contributed by atoms with Gasteiger partial charge >= 0.3 is 0 Å². The van der Waals surface area contributed by atoms with Crippen molar-refractivity contribution in [3.63, 3.8) is 0 Å². The summed E-state index contributed by atoms with van der Waals surface area (Å²) in [5, 5.41) is 6.48. The molecule has 238 valence electrons. The van der Waals surface area contributed by atoms with E-state index in [0.717, 1.165) is 30.0 Å². The quantitative estimate of drug-likeness (QED) is 0.111. The van der Waals surface area contributed by atoms with Crippen LogP contribution < -0.4 is 31.6 Å². The minimum atomic E-state index is -0.0229. The van der Waals surface area contributed by atoms with Gasteiger partial charge in [-0.05, 0) is 35.6 Å². The predicted molar refractivity (Wildman–Crippen MR) is 179 cm³/mol. The number of aryl methyl sites for hydroxylation is 1. The lowest BCUT2D eigenvalue weighted by atomic mass is 9.86. The zero-order chi connectivity index (χ0) is 30.2. The molecule has 1 amide bonds. The Hall–Kier alpha value is -2.18. The summed E-state index contributed by atoms with van der Waals surface area (Å²) < 4.78 is 8.55. The first-order valence-electron chi connectivity index (χ1n) is 16.3. The van der Waals surface area contributed by atoms with E-state index < -0.39 is 0 Å². The minimum absolute atomic E-state index is 0. The summed E-state index contributed by atoms with van der Waals surface area (Å²) in [5.41, 5.74) is 4.19. The fraction of sp³-hybridized carbons (Fsp3) is 0.568. The third kappa shape index (κ3) is 14.0. The number of hydrogen-bond donors (Lipinski definition) is 1. The van der Waals surface area contributed by atoms with Crippen LogP contribution in [0.15, 0.2) is 54.0 Å². The lowest BCUT2D eigenvalue weighted by Gasteiger charge is -2.21. The SMILES string of the molecule is CCCCCCCCCCCCCCOc1cc(C(C)(C)C)ccc1CC(=O)Nc1cccc(C[n+]2ccsc2C)c1.[Br-]. The molecule has 0 saturated heterocycles.